The number of halogens is 1. The van der Waals surface area contributed by atoms with Crippen molar-refractivity contribution in [1.29, 1.82) is 0 Å². The largest absolute Gasteiger partial charge is 0.490 e. The zero-order valence-electron chi connectivity index (χ0n) is 16.9. The molecule has 0 aromatic heterocycles. The number of aromatic carboxylic acids is 1. The number of carboxylic acids is 1. The second-order valence-electron chi connectivity index (χ2n) is 8.24. The zero-order chi connectivity index (χ0) is 21.3. The Labute approximate surface area is 181 Å². The molecule has 0 radical (unpaired) electrons. The van der Waals surface area contributed by atoms with Crippen molar-refractivity contribution in [3.8, 4) is 11.5 Å². The van der Waals surface area contributed by atoms with Gasteiger partial charge in [-0.25, -0.2) is 4.79 Å². The average Bonchev–Trinajstić information content (AvgIpc) is 3.05. The summed E-state index contributed by atoms with van der Waals surface area (Å²) in [5, 5.41) is 20.5. The van der Waals surface area contributed by atoms with Crippen LogP contribution in [-0.2, 0) is 6.42 Å². The van der Waals surface area contributed by atoms with E-state index in [9.17, 15) is 15.0 Å². The number of carbonyl (C=O) groups is 1. The highest BCUT2D eigenvalue weighted by Crippen LogP contribution is 2.41. The minimum Gasteiger partial charge on any atom is -0.490 e. The molecular weight excluding hydrogens is 406 g/mol. The molecule has 0 bridgehead atoms. The molecule has 1 atom stereocenters. The lowest BCUT2D eigenvalue weighted by Gasteiger charge is -2.39. The van der Waals surface area contributed by atoms with Gasteiger partial charge in [-0.2, -0.15) is 0 Å². The highest BCUT2D eigenvalue weighted by Gasteiger charge is 2.42. The molecule has 6 nitrogen and oxygen atoms in total. The number of aliphatic hydroxyl groups excluding tert-OH is 1. The molecule has 0 saturated carbocycles. The summed E-state index contributed by atoms with van der Waals surface area (Å²) < 4.78 is 12.0. The number of aliphatic hydroxyl groups is 1. The van der Waals surface area contributed by atoms with Crippen LogP contribution in [-0.4, -0.2) is 59.0 Å². The lowest BCUT2D eigenvalue weighted by molar-refractivity contribution is -0.00207. The minimum absolute atomic E-state index is 0.0488. The van der Waals surface area contributed by atoms with Gasteiger partial charge in [0.15, 0.2) is 0 Å². The molecule has 7 heteroatoms. The Morgan fingerprint density at radius 2 is 2.07 bits per heavy atom. The maximum absolute atomic E-state index is 11.4. The Morgan fingerprint density at radius 1 is 1.30 bits per heavy atom. The Morgan fingerprint density at radius 3 is 2.80 bits per heavy atom. The van der Waals surface area contributed by atoms with E-state index in [1.807, 2.05) is 18.2 Å². The molecule has 30 heavy (non-hydrogen) atoms. The summed E-state index contributed by atoms with van der Waals surface area (Å²) in [7, 11) is 0. The van der Waals surface area contributed by atoms with Gasteiger partial charge in [-0.15, -0.1) is 0 Å². The third-order valence-electron chi connectivity index (χ3n) is 5.96. The van der Waals surface area contributed by atoms with Crippen LogP contribution >= 0.6 is 11.6 Å². The molecule has 2 aliphatic rings. The summed E-state index contributed by atoms with van der Waals surface area (Å²) in [4.78, 5) is 13.6. The van der Waals surface area contributed by atoms with E-state index in [0.29, 0.717) is 12.3 Å². The normalized spacial score (nSPS) is 18.6. The summed E-state index contributed by atoms with van der Waals surface area (Å²) in [5.41, 5.74) is 1.83. The van der Waals surface area contributed by atoms with Gasteiger partial charge in [0.1, 0.15) is 35.4 Å². The van der Waals surface area contributed by atoms with Crippen molar-refractivity contribution >= 4 is 17.6 Å². The smallest absolute Gasteiger partial charge is 0.339 e. The molecule has 2 aromatic carbocycles. The van der Waals surface area contributed by atoms with Crippen molar-refractivity contribution in [1.82, 2.24) is 4.90 Å². The first-order chi connectivity index (χ1) is 14.3. The Balaban J connectivity index is 1.29. The van der Waals surface area contributed by atoms with Gasteiger partial charge >= 0.3 is 5.97 Å². The molecule has 1 fully saturated rings. The fraction of sp³-hybridized carbons (Fsp3) is 0.435. The Hall–Kier alpha value is -2.28. The third-order valence-corrected chi connectivity index (χ3v) is 6.20. The first-order valence-electron chi connectivity index (χ1n) is 10.2. The Kier molecular flexibility index (Phi) is 5.91. The first-order valence-corrected chi connectivity index (χ1v) is 10.6. The fourth-order valence-corrected chi connectivity index (χ4v) is 4.56. The van der Waals surface area contributed by atoms with Crippen molar-refractivity contribution in [2.45, 2.75) is 37.9 Å². The van der Waals surface area contributed by atoms with Gasteiger partial charge in [0.2, 0.25) is 0 Å². The van der Waals surface area contributed by atoms with Crippen LogP contribution in [0.5, 0.6) is 11.5 Å². The predicted octanol–water partition coefficient (Wildman–Crippen LogP) is 3.56. The van der Waals surface area contributed by atoms with Gasteiger partial charge in [0, 0.05) is 43.9 Å². The molecule has 1 saturated heterocycles. The summed E-state index contributed by atoms with van der Waals surface area (Å²) in [6.07, 6.45) is 1.93. The van der Waals surface area contributed by atoms with Gasteiger partial charge in [-0.1, -0.05) is 23.7 Å². The summed E-state index contributed by atoms with van der Waals surface area (Å²) in [5.74, 6) is 0.203. The second-order valence-corrected chi connectivity index (χ2v) is 8.67. The SMILES string of the molecule is Cc1cccc(C(=O)O)c1OC[C@H](O)CN1CCC2(CC1)Cc1cc(Cl)ccc1O2. The van der Waals surface area contributed by atoms with Gasteiger partial charge < -0.3 is 24.6 Å². The number of β-amino-alcohol motifs (C(OH)–C–C–N with tert-alkyl or cyclic N) is 1. The minimum atomic E-state index is -1.04. The monoisotopic (exact) mass is 431 g/mol. The summed E-state index contributed by atoms with van der Waals surface area (Å²) in [6.45, 7) is 3.97. The number of likely N-dealkylation sites (tertiary alicyclic amines) is 1. The molecular formula is C23H26ClNO5. The van der Waals surface area contributed by atoms with Gasteiger partial charge in [-0.3, -0.25) is 0 Å². The predicted molar refractivity (Wildman–Crippen MR) is 114 cm³/mol. The number of benzene rings is 2. The van der Waals surface area contributed by atoms with Gasteiger partial charge in [-0.05, 0) is 42.3 Å². The molecule has 160 valence electrons. The van der Waals surface area contributed by atoms with E-state index < -0.39 is 12.1 Å². The number of hydrogen-bond acceptors (Lipinski definition) is 5. The first kappa shape index (κ1) is 21.0. The molecule has 0 unspecified atom stereocenters. The standard InChI is InChI=1S/C23H26ClNO5/c1-15-3-2-4-19(22(27)28)21(15)29-14-18(26)13-25-9-7-23(8-10-25)12-16-11-17(24)5-6-20(16)30-23/h2-6,11,18,26H,7-10,12-14H2,1H3,(H,27,28)/t18-/m1/s1. The molecule has 2 aromatic rings. The molecule has 2 aliphatic heterocycles. The van der Waals surface area contributed by atoms with Crippen LogP contribution in [0.1, 0.15) is 34.3 Å². The average molecular weight is 432 g/mol. The zero-order valence-corrected chi connectivity index (χ0v) is 17.7. The number of piperidine rings is 1. The van der Waals surface area contributed by atoms with Crippen LogP contribution in [0, 0.1) is 6.92 Å². The van der Waals surface area contributed by atoms with E-state index in [0.717, 1.165) is 54.3 Å². The maximum atomic E-state index is 11.4. The highest BCUT2D eigenvalue weighted by molar-refractivity contribution is 6.30. The van der Waals surface area contributed by atoms with E-state index in [1.54, 1.807) is 19.1 Å². The van der Waals surface area contributed by atoms with Crippen LogP contribution in [0.3, 0.4) is 0 Å². The van der Waals surface area contributed by atoms with Gasteiger partial charge in [0.05, 0.1) is 0 Å². The van der Waals surface area contributed by atoms with Crippen molar-refractivity contribution < 1.29 is 24.5 Å². The van der Waals surface area contributed by atoms with Crippen LogP contribution < -0.4 is 9.47 Å². The van der Waals surface area contributed by atoms with Crippen molar-refractivity contribution in [3.63, 3.8) is 0 Å². The highest BCUT2D eigenvalue weighted by atomic mass is 35.5. The number of para-hydroxylation sites is 1. The number of hydrogen-bond donors (Lipinski definition) is 2. The third kappa shape index (κ3) is 4.41. The number of rotatable bonds is 6. The van der Waals surface area contributed by atoms with Crippen molar-refractivity contribution in [2.75, 3.05) is 26.2 Å². The summed E-state index contributed by atoms with van der Waals surface area (Å²) >= 11 is 6.11. The molecule has 1 spiro atoms. The molecule has 2 N–H and O–H groups in total. The van der Waals surface area contributed by atoms with E-state index >= 15 is 0 Å². The van der Waals surface area contributed by atoms with Crippen LogP contribution in [0.15, 0.2) is 36.4 Å². The van der Waals surface area contributed by atoms with Crippen LogP contribution in [0.2, 0.25) is 5.02 Å². The number of ether oxygens (including phenoxy) is 2. The van der Waals surface area contributed by atoms with Crippen molar-refractivity contribution in [2.24, 2.45) is 0 Å². The number of fused-ring (bicyclic) bond motifs is 1. The molecule has 0 amide bonds. The number of aryl methyl sites for hydroxylation is 1. The quantitative estimate of drug-likeness (QED) is 0.728. The maximum Gasteiger partial charge on any atom is 0.339 e. The van der Waals surface area contributed by atoms with E-state index in [-0.39, 0.29) is 17.8 Å². The number of nitrogens with zero attached hydrogens (tertiary/aromatic N) is 1. The number of carboxylic acid groups (broad SMARTS) is 1. The molecule has 0 aliphatic carbocycles. The molecule has 2 heterocycles. The van der Waals surface area contributed by atoms with Crippen LogP contribution in [0.25, 0.3) is 0 Å². The van der Waals surface area contributed by atoms with Crippen LogP contribution in [0.4, 0.5) is 0 Å². The lowest BCUT2D eigenvalue weighted by atomic mass is 9.87. The second kappa shape index (κ2) is 8.46. The topological polar surface area (TPSA) is 79.2 Å². The van der Waals surface area contributed by atoms with E-state index in [4.69, 9.17) is 21.1 Å². The van der Waals surface area contributed by atoms with E-state index in [2.05, 4.69) is 4.90 Å². The summed E-state index contributed by atoms with van der Waals surface area (Å²) in [6, 6.07) is 10.8. The van der Waals surface area contributed by atoms with Crippen molar-refractivity contribution in [3.05, 3.63) is 58.1 Å². The fourth-order valence-electron chi connectivity index (χ4n) is 4.37. The van der Waals surface area contributed by atoms with Gasteiger partial charge in [0.25, 0.3) is 0 Å². The lowest BCUT2D eigenvalue weighted by Crippen LogP contribution is -2.49. The van der Waals surface area contributed by atoms with E-state index in [1.165, 1.54) is 6.07 Å². The molecule has 4 rings (SSSR count). The Bertz CT molecular complexity index is 939.